The maximum Gasteiger partial charge on any atom is 0.160 e. The number of rotatable bonds is 6. The molecule has 6 heterocycles. The van der Waals surface area contributed by atoms with Crippen molar-refractivity contribution in [2.24, 2.45) is 0 Å². The molecular formula is C81H60N4O4. The zero-order valence-corrected chi connectivity index (χ0v) is 50.7. The van der Waals surface area contributed by atoms with E-state index in [-0.39, 0.29) is 10.8 Å². The zero-order chi connectivity index (χ0) is 60.0. The predicted octanol–water partition coefficient (Wildman–Crippen LogP) is 22.6. The lowest BCUT2D eigenvalue weighted by atomic mass is 9.70. The highest BCUT2D eigenvalue weighted by atomic mass is 16.3. The van der Waals surface area contributed by atoms with E-state index in [9.17, 15) is 0 Å². The molecule has 1 spiro atoms. The smallest absolute Gasteiger partial charge is 0.160 e. The van der Waals surface area contributed by atoms with Gasteiger partial charge in [0.05, 0.1) is 28.7 Å². The van der Waals surface area contributed by atoms with Crippen LogP contribution in [0.15, 0.2) is 236 Å². The van der Waals surface area contributed by atoms with E-state index >= 15 is 0 Å². The zero-order valence-electron chi connectivity index (χ0n) is 50.7. The van der Waals surface area contributed by atoms with Crippen molar-refractivity contribution >= 4 is 122 Å². The van der Waals surface area contributed by atoms with Gasteiger partial charge in [-0.2, -0.15) is 0 Å². The number of benzene rings is 10. The molecule has 0 fully saturated rings. The maximum absolute atomic E-state index is 7.51. The largest absolute Gasteiger partial charge is 0.456 e. The third-order valence-electron chi connectivity index (χ3n) is 19.2. The topological polar surface area (TPSA) is 84.8 Å². The first-order valence-corrected chi connectivity index (χ1v) is 30.8. The summed E-state index contributed by atoms with van der Waals surface area (Å²) in [7, 11) is 0. The Morgan fingerprint density at radius 3 is 1.20 bits per heavy atom. The van der Waals surface area contributed by atoms with E-state index in [0.29, 0.717) is 0 Å². The molecule has 2 aliphatic carbocycles. The Labute approximate surface area is 513 Å². The minimum absolute atomic E-state index is 0.0738. The lowest BCUT2D eigenvalue weighted by molar-refractivity contribution is 0.590. The summed E-state index contributed by atoms with van der Waals surface area (Å²) in [4.78, 5) is 15.0. The Hall–Kier alpha value is -10.7. The van der Waals surface area contributed by atoms with Crippen LogP contribution in [-0.4, -0.2) is 9.97 Å². The van der Waals surface area contributed by atoms with Crippen LogP contribution in [0.25, 0.3) is 110 Å². The van der Waals surface area contributed by atoms with Gasteiger partial charge >= 0.3 is 0 Å². The second kappa shape index (κ2) is 18.2. The third kappa shape index (κ3) is 7.17. The highest BCUT2D eigenvalue weighted by Gasteiger charge is 2.56. The molecule has 0 saturated heterocycles. The maximum atomic E-state index is 7.51. The molecule has 0 radical (unpaired) electrons. The van der Waals surface area contributed by atoms with Crippen molar-refractivity contribution in [1.82, 2.24) is 9.97 Å². The van der Waals surface area contributed by atoms with Gasteiger partial charge in [0.25, 0.3) is 0 Å². The molecule has 0 atom stereocenters. The summed E-state index contributed by atoms with van der Waals surface area (Å²) in [6, 6.07) is 74.8. The predicted molar refractivity (Wildman–Crippen MR) is 364 cm³/mol. The molecule has 6 aromatic heterocycles. The first-order chi connectivity index (χ1) is 43.2. The van der Waals surface area contributed by atoms with Gasteiger partial charge in [-0.15, -0.1) is 0 Å². The second-order valence-electron chi connectivity index (χ2n) is 26.5. The first-order valence-electron chi connectivity index (χ1n) is 30.8. The Morgan fingerprint density at radius 1 is 0.348 bits per heavy atom. The van der Waals surface area contributed by atoms with Crippen LogP contribution < -0.4 is 9.80 Å². The van der Waals surface area contributed by atoms with Gasteiger partial charge in [0.1, 0.15) is 39.3 Å². The minimum Gasteiger partial charge on any atom is -0.456 e. The van der Waals surface area contributed by atoms with Gasteiger partial charge in [-0.25, -0.2) is 4.98 Å². The van der Waals surface area contributed by atoms with Crippen molar-refractivity contribution in [2.75, 3.05) is 9.80 Å². The fourth-order valence-corrected chi connectivity index (χ4v) is 15.1. The lowest BCUT2D eigenvalue weighted by Gasteiger charge is -2.33. The fraction of sp³-hybridized carbons (Fsp3) is 0.136. The van der Waals surface area contributed by atoms with Gasteiger partial charge in [0, 0.05) is 66.4 Å². The molecule has 8 heteroatoms. The number of hydrogen-bond acceptors (Lipinski definition) is 8. The molecule has 0 amide bonds. The molecule has 8 nitrogen and oxygen atoms in total. The summed E-state index contributed by atoms with van der Waals surface area (Å²) < 4.78 is 28.9. The molecule has 89 heavy (non-hydrogen) atoms. The van der Waals surface area contributed by atoms with E-state index in [4.69, 9.17) is 27.6 Å². The molecule has 10 aromatic carbocycles. The fourth-order valence-electron chi connectivity index (χ4n) is 15.1. The number of aryl methyl sites for hydroxylation is 2. The summed E-state index contributed by atoms with van der Waals surface area (Å²) >= 11 is 0. The van der Waals surface area contributed by atoms with Crippen molar-refractivity contribution in [3.8, 4) is 22.3 Å². The van der Waals surface area contributed by atoms with Crippen LogP contribution in [-0.2, 0) is 16.2 Å². The first kappa shape index (κ1) is 51.5. The molecule has 2 aliphatic rings. The van der Waals surface area contributed by atoms with Crippen molar-refractivity contribution in [2.45, 2.75) is 71.6 Å². The SMILES string of the molecule is Cc1ccc(N(c2ccc(C(C)(C)C)cc2)c2cc3c(c4c2oc2ccccc24)-c2c(cc(N(c4ccc(C(C)(C)C)cc4)c4ccc(C)nc4)c4oc5ccccc5c24)C32c3ccc4oc5ccccc5c4c3-c3c2ccc2oc4ccccc4c32)nc1. The van der Waals surface area contributed by atoms with E-state index in [1.165, 1.54) is 11.1 Å². The number of aromatic nitrogens is 2. The molecule has 0 saturated carbocycles. The van der Waals surface area contributed by atoms with E-state index < -0.39 is 5.41 Å². The van der Waals surface area contributed by atoms with Gasteiger partial charge in [0.15, 0.2) is 11.2 Å². The normalized spacial score (nSPS) is 13.5. The molecule has 0 N–H and O–H groups in total. The summed E-state index contributed by atoms with van der Waals surface area (Å²) in [5.74, 6) is 0.765. The van der Waals surface area contributed by atoms with Gasteiger partial charge < -0.3 is 22.6 Å². The number of para-hydroxylation sites is 4. The van der Waals surface area contributed by atoms with E-state index in [1.54, 1.807) is 0 Å². The van der Waals surface area contributed by atoms with Crippen LogP contribution in [0.3, 0.4) is 0 Å². The molecular weight excluding hydrogens is 1090 g/mol. The second-order valence-corrected chi connectivity index (χ2v) is 26.5. The van der Waals surface area contributed by atoms with E-state index in [1.807, 2.05) is 19.3 Å². The summed E-state index contributed by atoms with van der Waals surface area (Å²) in [6.45, 7) is 17.7. The molecule has 0 aliphatic heterocycles. The Kier molecular flexibility index (Phi) is 10.5. The molecule has 0 bridgehead atoms. The van der Waals surface area contributed by atoms with Gasteiger partial charge in [0.2, 0.25) is 0 Å². The van der Waals surface area contributed by atoms with Crippen LogP contribution in [0.2, 0.25) is 0 Å². The average molecular weight is 1150 g/mol. The summed E-state index contributed by atoms with van der Waals surface area (Å²) in [5.41, 5.74) is 23.1. The summed E-state index contributed by atoms with van der Waals surface area (Å²) in [6.07, 6.45) is 3.96. The Morgan fingerprint density at radius 2 is 0.764 bits per heavy atom. The minimum atomic E-state index is -1.05. The monoisotopic (exact) mass is 1150 g/mol. The van der Waals surface area contributed by atoms with Gasteiger partial charge in [-0.1, -0.05) is 157 Å². The standard InChI is InChI=1S/C81H60N4O4/c1-45-25-40-68(83-43-45)85(50-34-29-48(30-35-50)80(6,7)8)61-42-59-76(72-55-20-12-16-24-65(55)89-78(61)72)75-58(41-60(77-71(75)54-19-11-15-23-64(54)88-77)84(51-31-26-46(2)82-44-51)49-32-27-47(28-33-49)79(3,4)5)81(59)56-36-38-66-69(52-17-9-13-21-62(52)86-66)73(56)74-57(81)37-39-67-70(74)53-18-10-14-22-63(53)87-67/h9-44H,1-8H3. The van der Waals surface area contributed by atoms with Crippen molar-refractivity contribution in [1.29, 1.82) is 0 Å². The van der Waals surface area contributed by atoms with E-state index in [2.05, 4.69) is 265 Å². The van der Waals surface area contributed by atoms with Crippen molar-refractivity contribution in [3.05, 3.63) is 263 Å². The number of pyridine rings is 2. The van der Waals surface area contributed by atoms with Gasteiger partial charge in [-0.05, 0) is 177 Å². The Bertz CT molecular complexity index is 5300. The third-order valence-corrected chi connectivity index (χ3v) is 19.2. The molecule has 428 valence electrons. The highest BCUT2D eigenvalue weighted by Crippen LogP contribution is 2.70. The Balaban J connectivity index is 1.08. The number of anilines is 6. The van der Waals surface area contributed by atoms with Crippen LogP contribution in [0.5, 0.6) is 0 Å². The number of hydrogen-bond donors (Lipinski definition) is 0. The van der Waals surface area contributed by atoms with Crippen LogP contribution in [0, 0.1) is 13.8 Å². The molecule has 18 rings (SSSR count). The number of nitrogens with zero attached hydrogens (tertiary/aromatic N) is 4. The van der Waals surface area contributed by atoms with Crippen LogP contribution in [0.1, 0.15) is 86.2 Å². The summed E-state index contributed by atoms with van der Waals surface area (Å²) in [5, 5.41) is 8.25. The molecule has 0 unspecified atom stereocenters. The quantitative estimate of drug-likeness (QED) is 0.163. The average Bonchev–Trinajstić information content (AvgIpc) is 1.48. The number of furan rings is 4. The van der Waals surface area contributed by atoms with Gasteiger partial charge in [-0.3, -0.25) is 9.88 Å². The van der Waals surface area contributed by atoms with Crippen molar-refractivity contribution in [3.63, 3.8) is 0 Å². The molecule has 16 aromatic rings. The van der Waals surface area contributed by atoms with E-state index in [0.717, 1.165) is 178 Å². The number of fused-ring (bicyclic) bond motifs is 26. The lowest BCUT2D eigenvalue weighted by Crippen LogP contribution is -2.27. The van der Waals surface area contributed by atoms with Crippen LogP contribution >= 0.6 is 0 Å². The van der Waals surface area contributed by atoms with Crippen molar-refractivity contribution < 1.29 is 17.7 Å². The highest BCUT2D eigenvalue weighted by molar-refractivity contribution is 6.30. The van der Waals surface area contributed by atoms with Crippen LogP contribution in [0.4, 0.5) is 34.3 Å².